The standard InChI is InChI=1S/2C26H12S6.C20H10S4.C12H10S2.C11H8S2.C10H4S4.2C2H6/c1-3-7-13-11(5-1)9-15-17-21(13)27-31-25(17)20-19-23(15)29-32-26(19)18-16(24(20)30-31)10-12-6-2-4-8-14(12)22(18)28-32;1-2-6-12-10-16-15(9-11(12)5-1)23-19-20-24(16)30-32-26(20)18-17-21(27-31(29-23)25(17)19)13-7-3-4-8-14(13)22(18)28-32;1-5-13-19-14(22-21-13)7-3-11-12-4-8-16-20-15(23-24-16)6-2-10(18(12)20)9(1)17(11)19;1-3-9-4-2-6-11-8-14-13-7-10(5-1)12(9)11;1-3-8-4-2-6-10-11(8)9(5-1)7-12-13-10;1-2-6-10-8(14-12-6)4-3-7-9(10)5(1)11-13-7;2*1-2/h1-10,15,17H;1-10,19-20H;1-8,13,15H;1-6H,7-8H2;1-6H,7H2;1-4H;2*1-2H3. The molecule has 0 radical (unpaired) electrons. The molecule has 10 unspecified atom stereocenters. The fourth-order valence-electron chi connectivity index (χ4n) is 22.5. The van der Waals surface area contributed by atoms with Gasteiger partial charge in [0.1, 0.15) is 0 Å². The van der Waals surface area contributed by atoms with Gasteiger partial charge in [-0.3, -0.25) is 0 Å². The number of fused-ring (bicyclic) bond motifs is 12. The summed E-state index contributed by atoms with van der Waals surface area (Å²) in [7, 11) is 41.5. The van der Waals surface area contributed by atoms with E-state index in [1.807, 2.05) is 157 Å². The van der Waals surface area contributed by atoms with Gasteiger partial charge in [0, 0.05) is 177 Å². The van der Waals surface area contributed by atoms with Crippen LogP contribution >= 0.6 is 250 Å². The fraction of sp³-hybridized carbons (Fsp3) is 0.119. The molecule has 0 N–H and O–H groups in total. The normalized spacial score (nSPS) is 23.3. The minimum atomic E-state index is 0.195. The molecule has 14 heterocycles. The van der Waals surface area contributed by atoms with Crippen molar-refractivity contribution in [3.05, 3.63) is 335 Å². The molecular formula is C109H68S24. The summed E-state index contributed by atoms with van der Waals surface area (Å²) in [6.45, 7) is 8.00. The zero-order valence-electron chi connectivity index (χ0n) is 70.8. The summed E-state index contributed by atoms with van der Waals surface area (Å²) in [5, 5.41) is 35.1. The maximum absolute atomic E-state index is 2.62. The van der Waals surface area contributed by atoms with Crippen molar-refractivity contribution in [2.45, 2.75) is 109 Å². The highest BCUT2D eigenvalue weighted by molar-refractivity contribution is 9.19. The Morgan fingerprint density at radius 2 is 0.729 bits per heavy atom. The highest BCUT2D eigenvalue weighted by atomic mass is 33.5. The molecule has 0 spiro atoms. The molecule has 0 amide bonds. The van der Waals surface area contributed by atoms with Gasteiger partial charge in [-0.15, -0.1) is 0 Å². The summed E-state index contributed by atoms with van der Waals surface area (Å²) in [4.78, 5) is 28.4. The quantitative estimate of drug-likeness (QED) is 0.0612. The Kier molecular flexibility index (Phi) is 21.2. The third-order valence-electron chi connectivity index (χ3n) is 27.8. The van der Waals surface area contributed by atoms with E-state index in [9.17, 15) is 0 Å². The van der Waals surface area contributed by atoms with Crippen LogP contribution in [0.1, 0.15) is 93.8 Å². The Labute approximate surface area is 855 Å². The minimum Gasteiger partial charge on any atom is -0.0890 e. The molecule has 14 aliphatic heterocycles. The molecule has 0 saturated carbocycles. The van der Waals surface area contributed by atoms with E-state index in [-0.39, 0.29) is 34.2 Å². The van der Waals surface area contributed by atoms with Gasteiger partial charge in [-0.2, -0.15) is 0 Å². The topological polar surface area (TPSA) is 0 Å². The summed E-state index contributed by atoms with van der Waals surface area (Å²) in [5.41, 5.74) is 15.5. The first kappa shape index (κ1) is 84.6. The van der Waals surface area contributed by atoms with Gasteiger partial charge in [0.05, 0.1) is 10.5 Å². The van der Waals surface area contributed by atoms with Gasteiger partial charge in [-0.25, -0.2) is 0 Å². The first-order valence-electron chi connectivity index (χ1n) is 44.6. The Bertz CT molecular complexity index is 8670. The average molecular weight is 2150 g/mol. The summed E-state index contributed by atoms with van der Waals surface area (Å²) in [6.07, 6.45) is 12.2. The van der Waals surface area contributed by atoms with Crippen molar-refractivity contribution >= 4 is 399 Å². The van der Waals surface area contributed by atoms with Crippen molar-refractivity contribution < 1.29 is 0 Å². The molecule has 0 saturated heterocycles. The van der Waals surface area contributed by atoms with Crippen LogP contribution in [0.15, 0.2) is 303 Å². The van der Waals surface area contributed by atoms with Crippen LogP contribution in [0, 0.1) is 28.2 Å². The molecule has 0 bridgehead atoms. The number of hydrogen-bond acceptors (Lipinski definition) is 20. The van der Waals surface area contributed by atoms with Crippen LogP contribution in [0.3, 0.4) is 0 Å². The molecule has 20 aliphatic rings. The molecule has 24 heteroatoms. The van der Waals surface area contributed by atoms with Crippen molar-refractivity contribution in [1.29, 1.82) is 0 Å². The first-order chi connectivity index (χ1) is 66.0. The number of hydrogen-bond donors (Lipinski definition) is 0. The zero-order valence-corrected chi connectivity index (χ0v) is 90.4. The van der Waals surface area contributed by atoms with E-state index in [2.05, 4.69) is 353 Å². The van der Waals surface area contributed by atoms with Gasteiger partial charge in [0.2, 0.25) is 0 Å². The molecule has 0 nitrogen and oxygen atoms in total. The largest absolute Gasteiger partial charge is 0.0890 e. The summed E-state index contributed by atoms with van der Waals surface area (Å²) >= 11 is 0. The third-order valence-corrected chi connectivity index (χ3v) is 68.9. The van der Waals surface area contributed by atoms with Crippen molar-refractivity contribution in [3.63, 3.8) is 0 Å². The molecule has 133 heavy (non-hydrogen) atoms. The van der Waals surface area contributed by atoms with Crippen LogP contribution in [-0.4, -0.2) is 14.6 Å². The lowest BCUT2D eigenvalue weighted by Gasteiger charge is -2.35. The van der Waals surface area contributed by atoms with Crippen molar-refractivity contribution in [2.75, 3.05) is 0 Å². The Morgan fingerprint density at radius 1 is 0.286 bits per heavy atom. The molecule has 648 valence electrons. The van der Waals surface area contributed by atoms with Gasteiger partial charge in [-0.1, -0.05) is 484 Å². The van der Waals surface area contributed by atoms with Gasteiger partial charge in [0.25, 0.3) is 0 Å². The van der Waals surface area contributed by atoms with E-state index in [1.54, 1.807) is 96.7 Å². The fourth-order valence-corrected chi connectivity index (χ4v) is 69.4. The molecular weight excluding hydrogens is 2080 g/mol. The molecule has 37 rings (SSSR count). The van der Waals surface area contributed by atoms with Crippen LogP contribution in [0.2, 0.25) is 0 Å². The third kappa shape index (κ3) is 12.5. The summed E-state index contributed by atoms with van der Waals surface area (Å²) < 4.78 is 1.69. The van der Waals surface area contributed by atoms with Crippen LogP contribution in [0.5, 0.6) is 0 Å². The minimum absolute atomic E-state index is 0.195. The predicted octanol–water partition coefficient (Wildman–Crippen LogP) is 36.8. The van der Waals surface area contributed by atoms with Crippen molar-refractivity contribution in [3.8, 4) is 0 Å². The van der Waals surface area contributed by atoms with Gasteiger partial charge in [-0.05, 0) is 196 Å². The molecule has 10 atom stereocenters. The van der Waals surface area contributed by atoms with E-state index < -0.39 is 0 Å². The molecule has 17 aromatic rings. The van der Waals surface area contributed by atoms with E-state index >= 15 is 0 Å². The average Bonchev–Trinajstić information content (AvgIpc) is 1.50. The van der Waals surface area contributed by atoms with E-state index in [0.29, 0.717) is 34.2 Å². The second-order valence-electron chi connectivity index (χ2n) is 34.2. The van der Waals surface area contributed by atoms with E-state index in [4.69, 9.17) is 0 Å². The monoisotopic (exact) mass is 2140 g/mol. The molecule has 0 aromatic heterocycles. The van der Waals surface area contributed by atoms with Crippen molar-refractivity contribution in [1.82, 2.24) is 0 Å². The highest BCUT2D eigenvalue weighted by Gasteiger charge is 2.58. The number of benzene rings is 17. The lowest BCUT2D eigenvalue weighted by molar-refractivity contribution is 0.792. The zero-order chi connectivity index (χ0) is 87.2. The Hall–Kier alpha value is -4.08. The molecule has 17 aromatic carbocycles. The predicted molar refractivity (Wildman–Crippen MR) is 631 cm³/mol. The lowest BCUT2D eigenvalue weighted by atomic mass is 9.71. The van der Waals surface area contributed by atoms with E-state index in [1.165, 1.54) is 175 Å². The van der Waals surface area contributed by atoms with Crippen LogP contribution < -0.4 is 26.1 Å². The van der Waals surface area contributed by atoms with Crippen LogP contribution in [0.4, 0.5) is 0 Å². The summed E-state index contributed by atoms with van der Waals surface area (Å²) in [5.74, 6) is 5.74. The summed E-state index contributed by atoms with van der Waals surface area (Å²) in [6, 6.07) is 88.7. The van der Waals surface area contributed by atoms with Crippen molar-refractivity contribution in [2.24, 2.45) is 23.7 Å². The maximum Gasteiger partial charge on any atom is 0.0605 e. The SMILES string of the molecule is C1=CC2SSc3ccc4c(c1c1c5c6c(ccc54)SSC6C=C1)c32.C1=c2ccccc2=C2SS3=C4c5c(c6cc7ccccc7c7c6c6c5=C(SS=6S7)C1C24)S3.CC.CC.c1cc2c3c(ccc4c3c1SS4)SS2.c1cc2c3c(cccc3c1)CSSC2.c1cc2c3c(cccc3c1)SSC2.c1ccc2cc3c(cc2c1)=C1SS2=C4c5c6c(c7ccccc7c5S2)SS2=C6C(C=3S2)C14. The van der Waals surface area contributed by atoms with Gasteiger partial charge >= 0.3 is 0 Å². The molecule has 6 aliphatic carbocycles. The maximum atomic E-state index is 2.62. The first-order valence-corrected chi connectivity index (χ1v) is 73.7. The van der Waals surface area contributed by atoms with Crippen LogP contribution in [-0.2, 0) is 17.3 Å². The second kappa shape index (κ2) is 33.3. The smallest absolute Gasteiger partial charge is 0.0605 e. The Balaban J connectivity index is 0.0000000786. The van der Waals surface area contributed by atoms with Crippen LogP contribution in [0.25, 0.3) is 135 Å². The van der Waals surface area contributed by atoms with Gasteiger partial charge < -0.3 is 0 Å². The Morgan fingerprint density at radius 3 is 1.30 bits per heavy atom. The lowest BCUT2D eigenvalue weighted by Crippen LogP contribution is -2.44. The second-order valence-corrected chi connectivity index (χ2v) is 71.0. The highest BCUT2D eigenvalue weighted by Crippen LogP contribution is 2.80. The van der Waals surface area contributed by atoms with Gasteiger partial charge in [0.15, 0.2) is 0 Å². The van der Waals surface area contributed by atoms with E-state index in [0.717, 1.165) is 17.3 Å². The number of rotatable bonds is 0. The molecule has 0 fully saturated rings.